The SMILES string of the molecule is CN(CCCC(=O)C(CS(=O)(=O)O)NC(=O)c1ccnc2c1ccc1cccnc12)C(=O)CCCCCCC(=O)ON1C(=O)CCC1=O. The van der Waals surface area contributed by atoms with E-state index in [1.54, 1.807) is 31.4 Å². The van der Waals surface area contributed by atoms with Crippen LogP contribution in [0.25, 0.3) is 21.8 Å². The van der Waals surface area contributed by atoms with Crippen LogP contribution < -0.4 is 5.32 Å². The minimum absolute atomic E-state index is 0.0268. The maximum atomic E-state index is 13.3. The maximum absolute atomic E-state index is 13.3. The van der Waals surface area contributed by atoms with Crippen LogP contribution in [0.15, 0.2) is 42.7 Å². The van der Waals surface area contributed by atoms with Gasteiger partial charge in [-0.25, -0.2) is 4.79 Å². The highest BCUT2D eigenvalue weighted by Gasteiger charge is 2.32. The van der Waals surface area contributed by atoms with Gasteiger partial charge in [0.15, 0.2) is 5.78 Å². The fourth-order valence-corrected chi connectivity index (χ4v) is 5.99. The molecule has 0 aliphatic carbocycles. The number of amides is 4. The molecule has 1 aliphatic rings. The third-order valence-electron chi connectivity index (χ3n) is 7.86. The topological polar surface area (TPSA) is 210 Å². The van der Waals surface area contributed by atoms with E-state index >= 15 is 0 Å². The first-order valence-corrected chi connectivity index (χ1v) is 17.2. The molecule has 1 aliphatic heterocycles. The lowest BCUT2D eigenvalue weighted by Gasteiger charge is -2.19. The van der Waals surface area contributed by atoms with Crippen molar-refractivity contribution in [2.75, 3.05) is 19.3 Å². The molecule has 1 unspecified atom stereocenters. The first-order chi connectivity index (χ1) is 22.8. The largest absolute Gasteiger partial charge is 0.346 e. The number of benzene rings is 1. The van der Waals surface area contributed by atoms with Gasteiger partial charge in [-0.2, -0.15) is 8.42 Å². The molecule has 0 radical (unpaired) electrons. The summed E-state index contributed by atoms with van der Waals surface area (Å²) >= 11 is 0. The third-order valence-corrected chi connectivity index (χ3v) is 8.62. The van der Waals surface area contributed by atoms with Gasteiger partial charge in [0.25, 0.3) is 27.8 Å². The number of unbranched alkanes of at least 4 members (excludes halogenated alkanes) is 3. The molecule has 2 aromatic heterocycles. The Labute approximate surface area is 276 Å². The molecule has 0 spiro atoms. The van der Waals surface area contributed by atoms with E-state index < -0.39 is 51.4 Å². The fraction of sp³-hybridized carbons (Fsp3) is 0.438. The van der Waals surface area contributed by atoms with Crippen LogP contribution in [0, 0.1) is 0 Å². The molecule has 15 nitrogen and oxygen atoms in total. The van der Waals surface area contributed by atoms with E-state index in [0.717, 1.165) is 5.39 Å². The van der Waals surface area contributed by atoms with E-state index in [1.807, 2.05) is 6.07 Å². The van der Waals surface area contributed by atoms with E-state index in [9.17, 15) is 41.7 Å². The molecule has 1 saturated heterocycles. The number of ketones is 1. The van der Waals surface area contributed by atoms with Gasteiger partial charge in [-0.05, 0) is 31.4 Å². The fourth-order valence-electron chi connectivity index (χ4n) is 5.30. The van der Waals surface area contributed by atoms with Crippen LogP contribution in [-0.2, 0) is 38.9 Å². The van der Waals surface area contributed by atoms with Gasteiger partial charge < -0.3 is 15.1 Å². The summed E-state index contributed by atoms with van der Waals surface area (Å²) in [6, 6.07) is 6.99. The van der Waals surface area contributed by atoms with Gasteiger partial charge in [0.2, 0.25) is 5.91 Å². The Morgan fingerprint density at radius 3 is 2.31 bits per heavy atom. The van der Waals surface area contributed by atoms with E-state index in [2.05, 4.69) is 15.3 Å². The summed E-state index contributed by atoms with van der Waals surface area (Å²) in [5.41, 5.74) is 1.19. The highest BCUT2D eigenvalue weighted by molar-refractivity contribution is 7.85. The number of nitrogens with zero attached hydrogens (tertiary/aromatic N) is 4. The Morgan fingerprint density at radius 1 is 0.917 bits per heavy atom. The summed E-state index contributed by atoms with van der Waals surface area (Å²) in [6.45, 7) is 0.200. The lowest BCUT2D eigenvalue weighted by atomic mass is 10.0. The quantitative estimate of drug-likeness (QED) is 0.0910. The molecule has 0 bridgehead atoms. The van der Waals surface area contributed by atoms with Crippen LogP contribution >= 0.6 is 0 Å². The van der Waals surface area contributed by atoms with Crippen molar-refractivity contribution in [1.82, 2.24) is 25.2 Å². The predicted molar refractivity (Wildman–Crippen MR) is 171 cm³/mol. The number of fused-ring (bicyclic) bond motifs is 3. The van der Waals surface area contributed by atoms with Crippen LogP contribution in [-0.4, -0.2) is 93.7 Å². The molecule has 2 N–H and O–H groups in total. The molecule has 1 fully saturated rings. The number of pyridine rings is 2. The average Bonchev–Trinajstić information content (AvgIpc) is 3.36. The monoisotopic (exact) mass is 683 g/mol. The van der Waals surface area contributed by atoms with Gasteiger partial charge in [0.1, 0.15) is 11.8 Å². The Balaban J connectivity index is 1.21. The summed E-state index contributed by atoms with van der Waals surface area (Å²) in [4.78, 5) is 88.7. The summed E-state index contributed by atoms with van der Waals surface area (Å²) in [6.07, 6.45) is 5.68. The van der Waals surface area contributed by atoms with Crippen molar-refractivity contribution >= 4 is 67.3 Å². The second-order valence-corrected chi connectivity index (χ2v) is 13.0. The number of hydrogen-bond acceptors (Lipinski definition) is 11. The molecule has 1 atom stereocenters. The van der Waals surface area contributed by atoms with Gasteiger partial charge >= 0.3 is 5.97 Å². The molecule has 4 rings (SSSR count). The second-order valence-electron chi connectivity index (χ2n) is 11.5. The number of Topliss-reactive ketones (excluding diaryl/α,β-unsaturated/α-hetero) is 1. The number of carbonyl (C=O) groups excluding carboxylic acids is 6. The average molecular weight is 684 g/mol. The molecular formula is C32H37N5O10S. The summed E-state index contributed by atoms with van der Waals surface area (Å²) in [5.74, 6) is -4.25. The van der Waals surface area contributed by atoms with E-state index in [0.29, 0.717) is 47.2 Å². The first-order valence-electron chi connectivity index (χ1n) is 15.6. The number of carbonyl (C=O) groups is 6. The number of nitrogens with one attached hydrogen (secondary N) is 1. The van der Waals surface area contributed by atoms with Crippen molar-refractivity contribution in [3.8, 4) is 0 Å². The molecule has 256 valence electrons. The van der Waals surface area contributed by atoms with Crippen LogP contribution in [0.4, 0.5) is 0 Å². The second kappa shape index (κ2) is 16.3. The molecular weight excluding hydrogens is 646 g/mol. The lowest BCUT2D eigenvalue weighted by Crippen LogP contribution is -2.45. The van der Waals surface area contributed by atoms with Gasteiger partial charge in [0, 0.05) is 68.9 Å². The normalized spacial score (nSPS) is 13.9. The zero-order valence-electron chi connectivity index (χ0n) is 26.4. The summed E-state index contributed by atoms with van der Waals surface area (Å²) < 4.78 is 32.9. The van der Waals surface area contributed by atoms with Crippen LogP contribution in [0.5, 0.6) is 0 Å². The van der Waals surface area contributed by atoms with Crippen LogP contribution in [0.1, 0.15) is 74.6 Å². The van der Waals surface area contributed by atoms with Crippen molar-refractivity contribution in [3.05, 3.63) is 48.3 Å². The van der Waals surface area contributed by atoms with E-state index in [4.69, 9.17) is 4.84 Å². The maximum Gasteiger partial charge on any atom is 0.333 e. The zero-order valence-corrected chi connectivity index (χ0v) is 27.2. The summed E-state index contributed by atoms with van der Waals surface area (Å²) in [7, 11) is -3.05. The molecule has 3 aromatic rings. The van der Waals surface area contributed by atoms with E-state index in [-0.39, 0.29) is 56.5 Å². The van der Waals surface area contributed by atoms with Crippen molar-refractivity contribution in [2.45, 2.75) is 70.3 Å². The summed E-state index contributed by atoms with van der Waals surface area (Å²) in [5, 5.41) is 4.22. The van der Waals surface area contributed by atoms with Crippen molar-refractivity contribution in [2.24, 2.45) is 0 Å². The highest BCUT2D eigenvalue weighted by atomic mass is 32.2. The molecule has 16 heteroatoms. The molecule has 3 heterocycles. The number of aromatic nitrogens is 2. The van der Waals surface area contributed by atoms with E-state index in [1.165, 1.54) is 17.2 Å². The number of imide groups is 1. The van der Waals surface area contributed by atoms with Crippen LogP contribution in [0.2, 0.25) is 0 Å². The first kappa shape index (κ1) is 36.0. The smallest absolute Gasteiger partial charge is 0.333 e. The minimum Gasteiger partial charge on any atom is -0.346 e. The van der Waals surface area contributed by atoms with Gasteiger partial charge in [-0.3, -0.25) is 38.5 Å². The Kier molecular flexibility index (Phi) is 12.2. The highest BCUT2D eigenvalue weighted by Crippen LogP contribution is 2.24. The van der Waals surface area contributed by atoms with Gasteiger partial charge in [-0.15, -0.1) is 5.06 Å². The number of hydrogen-bond donors (Lipinski definition) is 2. The predicted octanol–water partition coefficient (Wildman–Crippen LogP) is 2.52. The number of hydroxylamine groups is 2. The Morgan fingerprint density at radius 2 is 1.60 bits per heavy atom. The van der Waals surface area contributed by atoms with Gasteiger partial charge in [-0.1, -0.05) is 31.0 Å². The standard InChI is InChI=1S/C32H37N5O10S/c1-36(26(39)10-4-2-3-5-11-29(42)47-37-27(40)14-15-28(37)41)19-7-9-25(38)24(20-48(44,45)46)35-32(43)23-16-18-34-31-22(23)13-12-21-8-6-17-33-30(21)31/h6,8,12-13,16-18,24H,2-5,7,9-11,14-15,19-20H2,1H3,(H,35,43)(H,44,45,46). The Bertz CT molecular complexity index is 1810. The number of rotatable bonds is 17. The van der Waals surface area contributed by atoms with Crippen LogP contribution in [0.3, 0.4) is 0 Å². The molecule has 4 amide bonds. The van der Waals surface area contributed by atoms with Crippen molar-refractivity contribution in [1.29, 1.82) is 0 Å². The molecule has 0 saturated carbocycles. The zero-order chi connectivity index (χ0) is 34.8. The molecule has 48 heavy (non-hydrogen) atoms. The van der Waals surface area contributed by atoms with Gasteiger partial charge in [0.05, 0.1) is 16.6 Å². The third kappa shape index (κ3) is 9.84. The van der Waals surface area contributed by atoms with Crippen molar-refractivity contribution < 1.29 is 46.6 Å². The minimum atomic E-state index is -4.63. The Hall–Kier alpha value is -4.83. The van der Waals surface area contributed by atoms with Crippen molar-refractivity contribution in [3.63, 3.8) is 0 Å². The molecule has 1 aromatic carbocycles. The lowest BCUT2D eigenvalue weighted by molar-refractivity contribution is -0.197.